The van der Waals surface area contributed by atoms with Crippen LogP contribution in [0, 0.1) is 6.92 Å². The smallest absolute Gasteiger partial charge is 0.475 e. The number of rotatable bonds is 3. The Bertz CT molecular complexity index is 1010. The Morgan fingerprint density at radius 1 is 0.848 bits per heavy atom. The fraction of sp³-hybridized carbons (Fsp3) is 0.350. The van der Waals surface area contributed by atoms with Gasteiger partial charge in [-0.1, -0.05) is 18.2 Å². The topological polar surface area (TPSA) is 77.9 Å². The molecule has 2 aromatic rings. The van der Waals surface area contributed by atoms with Gasteiger partial charge in [-0.25, -0.2) is 4.79 Å². The molecule has 2 heterocycles. The molecule has 13 heteroatoms. The molecule has 1 amide bonds. The van der Waals surface area contributed by atoms with Crippen LogP contribution in [-0.4, -0.2) is 66.2 Å². The van der Waals surface area contributed by atoms with Crippen molar-refractivity contribution in [2.24, 2.45) is 0 Å². The van der Waals surface area contributed by atoms with Gasteiger partial charge in [-0.2, -0.15) is 26.3 Å². The van der Waals surface area contributed by atoms with Crippen LogP contribution in [0.5, 0.6) is 0 Å². The predicted octanol–water partition coefficient (Wildman–Crippen LogP) is 4.40. The Hall–Kier alpha value is -3.09. The second kappa shape index (κ2) is 10.2. The van der Waals surface area contributed by atoms with Crippen molar-refractivity contribution < 1.29 is 45.8 Å². The number of amides is 1. The van der Waals surface area contributed by atoms with E-state index >= 15 is 0 Å². The van der Waals surface area contributed by atoms with Gasteiger partial charge in [0.1, 0.15) is 0 Å². The third-order valence-corrected chi connectivity index (χ3v) is 5.64. The van der Waals surface area contributed by atoms with Gasteiger partial charge in [-0.15, -0.1) is 11.3 Å². The SMILES string of the molecule is Cc1ccccc1N1CCN(C(=O)c2ccc(C(=O)C(F)(F)F)s2)CC1.O=C(O)C(F)(F)F. The minimum atomic E-state index is -5.08. The van der Waals surface area contributed by atoms with Crippen LogP contribution in [-0.2, 0) is 4.79 Å². The molecule has 180 valence electrons. The van der Waals surface area contributed by atoms with E-state index in [1.807, 2.05) is 31.2 Å². The summed E-state index contributed by atoms with van der Waals surface area (Å²) in [4.78, 5) is 36.2. The average molecular weight is 496 g/mol. The third-order valence-electron chi connectivity index (χ3n) is 4.56. The zero-order chi connectivity index (χ0) is 25.0. The maximum Gasteiger partial charge on any atom is 0.490 e. The van der Waals surface area contributed by atoms with Gasteiger partial charge in [-0.3, -0.25) is 9.59 Å². The van der Waals surface area contributed by atoms with E-state index in [9.17, 15) is 35.9 Å². The van der Waals surface area contributed by atoms with Gasteiger partial charge in [0.25, 0.3) is 11.7 Å². The molecule has 1 aliphatic rings. The number of thiophene rings is 1. The number of carboxylic acid groups (broad SMARTS) is 1. The Kier molecular flexibility index (Phi) is 8.11. The van der Waals surface area contributed by atoms with Crippen molar-refractivity contribution in [1.82, 2.24) is 4.90 Å². The van der Waals surface area contributed by atoms with Crippen LogP contribution in [0.25, 0.3) is 0 Å². The molecule has 1 fully saturated rings. The van der Waals surface area contributed by atoms with E-state index in [0.29, 0.717) is 37.5 Å². The number of anilines is 1. The molecule has 1 aromatic heterocycles. The standard InChI is InChI=1S/C18H17F3N2O2S.C2HF3O2/c1-12-4-2-3-5-13(12)22-8-10-23(11-9-22)17(25)15-7-6-14(26-15)16(24)18(19,20)21;3-2(4,5)1(6)7/h2-7H,8-11H2,1H3;(H,6,7). The number of aliphatic carboxylic acids is 1. The third kappa shape index (κ3) is 6.94. The van der Waals surface area contributed by atoms with Gasteiger partial charge in [0.2, 0.25) is 0 Å². The van der Waals surface area contributed by atoms with Crippen molar-refractivity contribution in [1.29, 1.82) is 0 Å². The highest BCUT2D eigenvalue weighted by molar-refractivity contribution is 7.16. The normalized spacial score (nSPS) is 14.4. The molecule has 0 bridgehead atoms. The van der Waals surface area contributed by atoms with Gasteiger partial charge in [0.05, 0.1) is 9.75 Å². The van der Waals surface area contributed by atoms with E-state index < -0.39 is 29.0 Å². The number of hydrogen-bond acceptors (Lipinski definition) is 5. The maximum absolute atomic E-state index is 12.5. The summed E-state index contributed by atoms with van der Waals surface area (Å²) in [5.74, 6) is -5.00. The summed E-state index contributed by atoms with van der Waals surface area (Å²) >= 11 is 0.595. The lowest BCUT2D eigenvalue weighted by molar-refractivity contribution is -0.192. The molecule has 0 atom stereocenters. The number of hydrogen-bond donors (Lipinski definition) is 1. The second-order valence-corrected chi connectivity index (χ2v) is 7.94. The van der Waals surface area contributed by atoms with Gasteiger partial charge in [0, 0.05) is 31.9 Å². The monoisotopic (exact) mass is 496 g/mol. The Morgan fingerprint density at radius 2 is 1.36 bits per heavy atom. The van der Waals surface area contributed by atoms with Crippen LogP contribution in [0.4, 0.5) is 32.0 Å². The van der Waals surface area contributed by atoms with Crippen LogP contribution in [0.3, 0.4) is 0 Å². The summed E-state index contributed by atoms with van der Waals surface area (Å²) < 4.78 is 69.2. The van der Waals surface area contributed by atoms with Crippen molar-refractivity contribution in [3.63, 3.8) is 0 Å². The summed E-state index contributed by atoms with van der Waals surface area (Å²) in [6, 6.07) is 10.3. The van der Waals surface area contributed by atoms with E-state index in [0.717, 1.165) is 17.3 Å². The second-order valence-electron chi connectivity index (χ2n) is 6.86. The van der Waals surface area contributed by atoms with Crippen molar-refractivity contribution in [3.8, 4) is 0 Å². The molecule has 33 heavy (non-hydrogen) atoms. The first-order valence-corrected chi connectivity index (χ1v) is 10.1. The number of ketones is 1. The molecule has 1 saturated heterocycles. The first-order chi connectivity index (χ1) is 15.2. The number of carboxylic acids is 1. The minimum Gasteiger partial charge on any atom is -0.475 e. The fourth-order valence-corrected chi connectivity index (χ4v) is 3.87. The Labute approximate surface area is 188 Å². The van der Waals surface area contributed by atoms with Gasteiger partial charge < -0.3 is 14.9 Å². The van der Waals surface area contributed by atoms with Crippen LogP contribution in [0.2, 0.25) is 0 Å². The quantitative estimate of drug-likeness (QED) is 0.504. The summed E-state index contributed by atoms with van der Waals surface area (Å²) in [6.07, 6.45) is -10.0. The molecule has 1 aliphatic heterocycles. The molecule has 0 aliphatic carbocycles. The van der Waals surface area contributed by atoms with Crippen molar-refractivity contribution in [3.05, 3.63) is 51.7 Å². The number of carbonyl (C=O) groups excluding carboxylic acids is 2. The zero-order valence-corrected chi connectivity index (χ0v) is 17.9. The van der Waals surface area contributed by atoms with E-state index in [1.54, 1.807) is 4.90 Å². The largest absolute Gasteiger partial charge is 0.490 e. The number of Topliss-reactive ketones (excluding diaryl/α,β-unsaturated/α-hetero) is 1. The van der Waals surface area contributed by atoms with Gasteiger partial charge in [-0.05, 0) is 30.7 Å². The summed E-state index contributed by atoms with van der Waals surface area (Å²) in [6.45, 7) is 4.28. The van der Waals surface area contributed by atoms with Crippen LogP contribution in [0.1, 0.15) is 24.9 Å². The molecule has 6 nitrogen and oxygen atoms in total. The lowest BCUT2D eigenvalue weighted by Gasteiger charge is -2.36. The molecular formula is C20H18F6N2O4S. The predicted molar refractivity (Wildman–Crippen MR) is 108 cm³/mol. The highest BCUT2D eigenvalue weighted by Gasteiger charge is 2.40. The molecule has 0 radical (unpaired) electrons. The van der Waals surface area contributed by atoms with Gasteiger partial charge >= 0.3 is 18.3 Å². The summed E-state index contributed by atoms with van der Waals surface area (Å²) in [7, 11) is 0. The number of halogens is 6. The summed E-state index contributed by atoms with van der Waals surface area (Å²) in [5.41, 5.74) is 2.27. The molecule has 1 N–H and O–H groups in total. The number of nitrogens with zero attached hydrogens (tertiary/aromatic N) is 2. The number of alkyl halides is 6. The highest BCUT2D eigenvalue weighted by atomic mass is 32.1. The van der Waals surface area contributed by atoms with Crippen molar-refractivity contribution >= 4 is 34.7 Å². The number of carbonyl (C=O) groups is 3. The number of benzene rings is 1. The van der Waals surface area contributed by atoms with E-state index in [1.165, 1.54) is 6.07 Å². The Morgan fingerprint density at radius 3 is 1.85 bits per heavy atom. The fourth-order valence-electron chi connectivity index (χ4n) is 2.94. The molecule has 0 saturated carbocycles. The number of para-hydroxylation sites is 1. The van der Waals surface area contributed by atoms with E-state index in [2.05, 4.69) is 4.90 Å². The van der Waals surface area contributed by atoms with E-state index in [4.69, 9.17) is 9.90 Å². The van der Waals surface area contributed by atoms with Crippen molar-refractivity contribution in [2.45, 2.75) is 19.3 Å². The lowest BCUT2D eigenvalue weighted by atomic mass is 10.1. The van der Waals surface area contributed by atoms with Crippen LogP contribution < -0.4 is 4.90 Å². The molecular weight excluding hydrogens is 478 g/mol. The Balaban J connectivity index is 0.000000479. The van der Waals surface area contributed by atoms with Crippen LogP contribution >= 0.6 is 11.3 Å². The van der Waals surface area contributed by atoms with Gasteiger partial charge in [0.15, 0.2) is 0 Å². The molecule has 3 rings (SSSR count). The number of piperazine rings is 1. The highest BCUT2D eigenvalue weighted by Crippen LogP contribution is 2.28. The maximum atomic E-state index is 12.5. The number of aryl methyl sites for hydroxylation is 1. The lowest BCUT2D eigenvalue weighted by Crippen LogP contribution is -2.48. The first-order valence-electron chi connectivity index (χ1n) is 9.33. The zero-order valence-electron chi connectivity index (χ0n) is 17.0. The van der Waals surface area contributed by atoms with E-state index in [-0.39, 0.29) is 10.8 Å². The molecule has 0 unspecified atom stereocenters. The average Bonchev–Trinajstić information content (AvgIpc) is 3.22. The molecule has 1 aromatic carbocycles. The minimum absolute atomic E-state index is 0.155. The first kappa shape index (κ1) is 26.2. The van der Waals surface area contributed by atoms with Crippen molar-refractivity contribution in [2.75, 3.05) is 31.1 Å². The molecule has 0 spiro atoms. The summed E-state index contributed by atoms with van der Waals surface area (Å²) in [5, 5.41) is 7.12. The van der Waals surface area contributed by atoms with Crippen LogP contribution in [0.15, 0.2) is 36.4 Å².